The Morgan fingerprint density at radius 1 is 1.03 bits per heavy atom. The van der Waals surface area contributed by atoms with E-state index < -0.39 is 17.5 Å². The van der Waals surface area contributed by atoms with Crippen LogP contribution in [-0.4, -0.2) is 7.11 Å². The second kappa shape index (κ2) is 7.62. The SMILES string of the molecule is COc1ccc([C@]23Cc4cc(C#N)ccc4C(O2)c2c(cc(-c4ccccc4)oc2=O)O3)cc1. The summed E-state index contributed by atoms with van der Waals surface area (Å²) in [5.41, 5.74) is 3.62. The van der Waals surface area contributed by atoms with Crippen LogP contribution in [0.15, 0.2) is 88.1 Å². The molecule has 0 N–H and O–H groups in total. The van der Waals surface area contributed by atoms with Gasteiger partial charge < -0.3 is 18.6 Å². The Hall–Kier alpha value is -4.34. The Balaban J connectivity index is 1.57. The van der Waals surface area contributed by atoms with Crippen LogP contribution in [0.5, 0.6) is 11.5 Å². The molecule has 1 unspecified atom stereocenters. The maximum Gasteiger partial charge on any atom is 0.346 e. The van der Waals surface area contributed by atoms with E-state index in [0.29, 0.717) is 34.8 Å². The largest absolute Gasteiger partial charge is 0.497 e. The average Bonchev–Trinajstić information content (AvgIpc) is 2.88. The molecule has 0 fully saturated rings. The van der Waals surface area contributed by atoms with Crippen LogP contribution in [0.1, 0.15) is 33.9 Å². The molecule has 6 heteroatoms. The molecule has 0 aliphatic carbocycles. The van der Waals surface area contributed by atoms with Crippen molar-refractivity contribution in [3.05, 3.63) is 117 Å². The fourth-order valence-corrected chi connectivity index (χ4v) is 4.70. The van der Waals surface area contributed by atoms with Crippen molar-refractivity contribution in [3.8, 4) is 28.9 Å². The van der Waals surface area contributed by atoms with E-state index in [0.717, 1.165) is 22.3 Å². The predicted molar refractivity (Wildman–Crippen MR) is 124 cm³/mol. The zero-order chi connectivity index (χ0) is 23.3. The van der Waals surface area contributed by atoms with Gasteiger partial charge in [-0.2, -0.15) is 5.26 Å². The first-order valence-corrected chi connectivity index (χ1v) is 10.9. The number of hydrogen-bond acceptors (Lipinski definition) is 6. The van der Waals surface area contributed by atoms with E-state index in [9.17, 15) is 10.1 Å². The van der Waals surface area contributed by atoms with Crippen LogP contribution in [0.4, 0.5) is 0 Å². The Morgan fingerprint density at radius 3 is 2.56 bits per heavy atom. The number of methoxy groups -OCH3 is 1. The van der Waals surface area contributed by atoms with Gasteiger partial charge in [0.15, 0.2) is 0 Å². The molecule has 3 heterocycles. The van der Waals surface area contributed by atoms with Gasteiger partial charge in [0.1, 0.15) is 28.9 Å². The van der Waals surface area contributed by atoms with Gasteiger partial charge in [-0.15, -0.1) is 0 Å². The van der Waals surface area contributed by atoms with Gasteiger partial charge >= 0.3 is 5.63 Å². The molecule has 166 valence electrons. The van der Waals surface area contributed by atoms with Crippen molar-refractivity contribution in [1.29, 1.82) is 5.26 Å². The third kappa shape index (κ3) is 3.10. The van der Waals surface area contributed by atoms with E-state index in [1.807, 2.05) is 66.7 Å². The standard InChI is InChI=1S/C28H19NO5/c1-31-21-10-8-20(9-11-21)28-15-19-13-17(16-29)7-12-22(19)26(34-28)25-24(33-28)14-23(32-27(25)30)18-5-3-2-4-6-18/h2-14,26H,15H2,1H3/t26?,28-/m0/s1. The summed E-state index contributed by atoms with van der Waals surface area (Å²) in [7, 11) is 1.61. The Labute approximate surface area is 195 Å². The Morgan fingerprint density at radius 2 is 1.82 bits per heavy atom. The third-order valence-electron chi connectivity index (χ3n) is 6.36. The highest BCUT2D eigenvalue weighted by Gasteiger charge is 2.50. The molecule has 6 rings (SSSR count). The molecule has 0 amide bonds. The minimum Gasteiger partial charge on any atom is -0.497 e. The first kappa shape index (κ1) is 20.3. The van der Waals surface area contributed by atoms with E-state index in [4.69, 9.17) is 18.6 Å². The average molecular weight is 449 g/mol. The molecular formula is C28H19NO5. The molecular weight excluding hydrogens is 430 g/mol. The number of fused-ring (bicyclic) bond motifs is 6. The van der Waals surface area contributed by atoms with E-state index in [1.54, 1.807) is 19.2 Å². The van der Waals surface area contributed by atoms with Gasteiger partial charge in [-0.25, -0.2) is 4.79 Å². The fraction of sp³-hybridized carbons (Fsp3) is 0.143. The van der Waals surface area contributed by atoms with Gasteiger partial charge in [0, 0.05) is 23.6 Å². The van der Waals surface area contributed by atoms with Crippen molar-refractivity contribution in [2.45, 2.75) is 18.3 Å². The van der Waals surface area contributed by atoms with Crippen molar-refractivity contribution < 1.29 is 18.6 Å². The molecule has 0 saturated carbocycles. The summed E-state index contributed by atoms with van der Waals surface area (Å²) < 4.78 is 24.0. The lowest BCUT2D eigenvalue weighted by molar-refractivity contribution is -0.238. The number of nitriles is 1. The van der Waals surface area contributed by atoms with Crippen LogP contribution in [0.25, 0.3) is 11.3 Å². The zero-order valence-electron chi connectivity index (χ0n) is 18.3. The second-order valence-corrected chi connectivity index (χ2v) is 8.33. The van der Waals surface area contributed by atoms with Crippen LogP contribution in [0.2, 0.25) is 0 Å². The van der Waals surface area contributed by atoms with E-state index in [1.165, 1.54) is 0 Å². The summed E-state index contributed by atoms with van der Waals surface area (Å²) in [6.07, 6.45) is -0.315. The third-order valence-corrected chi connectivity index (χ3v) is 6.36. The molecule has 6 nitrogen and oxygen atoms in total. The summed E-state index contributed by atoms with van der Waals surface area (Å²) in [4.78, 5) is 13.2. The van der Waals surface area contributed by atoms with Crippen LogP contribution >= 0.6 is 0 Å². The Kier molecular flexibility index (Phi) is 4.54. The summed E-state index contributed by atoms with van der Waals surface area (Å²) in [6, 6.07) is 26.3. The summed E-state index contributed by atoms with van der Waals surface area (Å²) in [5, 5.41) is 9.43. The second-order valence-electron chi connectivity index (χ2n) is 8.33. The Bertz CT molecular complexity index is 1500. The van der Waals surface area contributed by atoms with Gasteiger partial charge in [-0.05, 0) is 47.5 Å². The molecule has 0 spiro atoms. The van der Waals surface area contributed by atoms with Crippen molar-refractivity contribution in [2.24, 2.45) is 0 Å². The fourth-order valence-electron chi connectivity index (χ4n) is 4.70. The molecule has 0 saturated heterocycles. The maximum atomic E-state index is 13.2. The molecule has 0 radical (unpaired) electrons. The molecule has 1 aromatic heterocycles. The minimum absolute atomic E-state index is 0.314. The smallest absolute Gasteiger partial charge is 0.346 e. The van der Waals surface area contributed by atoms with Crippen LogP contribution in [-0.2, 0) is 16.9 Å². The lowest BCUT2D eigenvalue weighted by atomic mass is 9.84. The number of ether oxygens (including phenoxy) is 3. The molecule has 4 aromatic rings. The van der Waals surface area contributed by atoms with Gasteiger partial charge in [0.25, 0.3) is 0 Å². The van der Waals surface area contributed by atoms with Crippen LogP contribution < -0.4 is 15.1 Å². The summed E-state index contributed by atoms with van der Waals surface area (Å²) in [5.74, 6) is 0.390. The quantitative estimate of drug-likeness (QED) is 0.433. The molecule has 2 aliphatic heterocycles. The van der Waals surface area contributed by atoms with E-state index in [-0.39, 0.29) is 0 Å². The highest BCUT2D eigenvalue weighted by atomic mass is 16.7. The van der Waals surface area contributed by atoms with Gasteiger partial charge in [-0.3, -0.25) is 0 Å². The number of rotatable bonds is 3. The minimum atomic E-state index is -1.17. The van der Waals surface area contributed by atoms with Crippen LogP contribution in [0.3, 0.4) is 0 Å². The first-order chi connectivity index (χ1) is 16.6. The normalized spacial score (nSPS) is 19.8. The number of hydrogen-bond donors (Lipinski definition) is 0. The lowest BCUT2D eigenvalue weighted by Crippen LogP contribution is -2.47. The molecule has 2 bridgehead atoms. The maximum absolute atomic E-state index is 13.2. The highest BCUT2D eigenvalue weighted by molar-refractivity contribution is 5.61. The van der Waals surface area contributed by atoms with Crippen molar-refractivity contribution >= 4 is 0 Å². The summed E-state index contributed by atoms with van der Waals surface area (Å²) in [6.45, 7) is 0. The van der Waals surface area contributed by atoms with Gasteiger partial charge in [-0.1, -0.05) is 36.4 Å². The monoisotopic (exact) mass is 449 g/mol. The highest BCUT2D eigenvalue weighted by Crippen LogP contribution is 2.51. The van der Waals surface area contributed by atoms with Gasteiger partial charge in [0.05, 0.1) is 18.7 Å². The molecule has 2 atom stereocenters. The topological polar surface area (TPSA) is 81.7 Å². The van der Waals surface area contributed by atoms with Gasteiger partial charge in [0.2, 0.25) is 5.79 Å². The molecule has 3 aromatic carbocycles. The first-order valence-electron chi connectivity index (χ1n) is 10.9. The molecule has 34 heavy (non-hydrogen) atoms. The van der Waals surface area contributed by atoms with Crippen LogP contribution in [0, 0.1) is 11.3 Å². The molecule has 2 aliphatic rings. The lowest BCUT2D eigenvalue weighted by Gasteiger charge is -2.46. The predicted octanol–water partition coefficient (Wildman–Crippen LogP) is 5.09. The van der Waals surface area contributed by atoms with Crippen molar-refractivity contribution in [2.75, 3.05) is 7.11 Å². The summed E-state index contributed by atoms with van der Waals surface area (Å²) >= 11 is 0. The van der Waals surface area contributed by atoms with E-state index in [2.05, 4.69) is 6.07 Å². The van der Waals surface area contributed by atoms with E-state index >= 15 is 0 Å². The van der Waals surface area contributed by atoms with Crippen molar-refractivity contribution in [1.82, 2.24) is 0 Å². The van der Waals surface area contributed by atoms with Crippen molar-refractivity contribution in [3.63, 3.8) is 0 Å². The number of nitrogens with zero attached hydrogens (tertiary/aromatic N) is 1. The zero-order valence-corrected chi connectivity index (χ0v) is 18.3. The number of benzene rings is 3.